The van der Waals surface area contributed by atoms with Gasteiger partial charge in [-0.1, -0.05) is 74.5 Å². The maximum absolute atomic E-state index is 14.0. The minimum Gasteiger partial charge on any atom is -0.475 e. The number of unbranched alkanes of at least 4 members (excludes halogenated alkanes) is 1. The standard InChI is InChI=1S/C42H63N7O4.3C2HF3O2/c1-30(2)25-36(47-40(52)37(27-32-15-7-4-8-16-32)46-38(50)34(44)26-31-13-5-3-6-14-31)39(51)45-35(17-9-10-20-43)41(53)49-23-18-42(19-24-49)28-33(29-42)48-21-11-12-22-48;3*3-2(4,5)1(6)7/h3-8,13-16,30,33-37H,9-12,17-29,43-44H2,1-2H3,(H,45,51)(H,46,50)(H,47,52);3*(H,6,7). The highest BCUT2D eigenvalue weighted by molar-refractivity contribution is 5.95. The molecule has 3 fully saturated rings. The zero-order chi connectivity index (χ0) is 56.0. The second-order valence-corrected chi connectivity index (χ2v) is 18.6. The van der Waals surface area contributed by atoms with Crippen LogP contribution in [0, 0.1) is 11.3 Å². The number of piperidine rings is 1. The molecule has 2 saturated heterocycles. The number of alkyl halides is 9. The van der Waals surface area contributed by atoms with Gasteiger partial charge in [-0.3, -0.25) is 19.2 Å². The van der Waals surface area contributed by atoms with Crippen molar-refractivity contribution in [1.82, 2.24) is 25.8 Å². The number of hydrogen-bond acceptors (Lipinski definition) is 10. The van der Waals surface area contributed by atoms with Crippen LogP contribution in [0.5, 0.6) is 0 Å². The third-order valence-corrected chi connectivity index (χ3v) is 12.3. The van der Waals surface area contributed by atoms with Crippen LogP contribution >= 0.6 is 0 Å². The van der Waals surface area contributed by atoms with Crippen molar-refractivity contribution in [3.8, 4) is 0 Å². The summed E-state index contributed by atoms with van der Waals surface area (Å²) in [5, 5.41) is 30.2. The summed E-state index contributed by atoms with van der Waals surface area (Å²) < 4.78 is 95.2. The van der Waals surface area contributed by atoms with Crippen LogP contribution in [0.4, 0.5) is 39.5 Å². The number of nitrogens with one attached hydrogen (secondary N) is 3. The van der Waals surface area contributed by atoms with Gasteiger partial charge < -0.3 is 52.5 Å². The number of aliphatic carboxylic acids is 3. The second kappa shape index (κ2) is 29.8. The fourth-order valence-corrected chi connectivity index (χ4v) is 8.43. The average molecular weight is 1070 g/mol. The first kappa shape index (κ1) is 64.1. The van der Waals surface area contributed by atoms with Crippen molar-refractivity contribution in [2.45, 2.75) is 140 Å². The Balaban J connectivity index is 0.000000746. The first-order valence-corrected chi connectivity index (χ1v) is 23.8. The van der Waals surface area contributed by atoms with Gasteiger partial charge in [0.15, 0.2) is 0 Å². The number of carboxylic acids is 3. The van der Waals surface area contributed by atoms with Gasteiger partial charge in [-0.15, -0.1) is 0 Å². The smallest absolute Gasteiger partial charge is 0.475 e. The molecule has 74 heavy (non-hydrogen) atoms. The van der Waals surface area contributed by atoms with E-state index in [-0.39, 0.29) is 18.2 Å². The van der Waals surface area contributed by atoms with Gasteiger partial charge in [0.25, 0.3) is 0 Å². The van der Waals surface area contributed by atoms with Crippen molar-refractivity contribution < 1.29 is 88.4 Å². The van der Waals surface area contributed by atoms with E-state index in [1.807, 2.05) is 79.4 Å². The van der Waals surface area contributed by atoms with E-state index in [1.165, 1.54) is 38.8 Å². The molecule has 2 heterocycles. The van der Waals surface area contributed by atoms with Crippen molar-refractivity contribution in [3.63, 3.8) is 0 Å². The van der Waals surface area contributed by atoms with E-state index in [1.54, 1.807) is 0 Å². The molecule has 2 aromatic rings. The monoisotopic (exact) mass is 1070 g/mol. The third-order valence-electron chi connectivity index (χ3n) is 12.3. The molecule has 3 aliphatic rings. The Kier molecular flexibility index (Phi) is 25.8. The van der Waals surface area contributed by atoms with Gasteiger partial charge in [-0.05, 0) is 113 Å². The van der Waals surface area contributed by atoms with E-state index in [9.17, 15) is 58.7 Å². The molecule has 10 N–H and O–H groups in total. The topological polar surface area (TPSA) is 275 Å². The highest BCUT2D eigenvalue weighted by atomic mass is 19.4. The Hall–Kier alpha value is -6.02. The molecule has 2 aromatic carbocycles. The highest BCUT2D eigenvalue weighted by Gasteiger charge is 2.49. The highest BCUT2D eigenvalue weighted by Crippen LogP contribution is 2.51. The van der Waals surface area contributed by atoms with Gasteiger partial charge in [0.2, 0.25) is 23.6 Å². The Morgan fingerprint density at radius 2 is 1.03 bits per heavy atom. The summed E-state index contributed by atoms with van der Waals surface area (Å²) in [6, 6.07) is 16.2. The number of benzene rings is 2. The first-order chi connectivity index (χ1) is 34.4. The number of carbonyl (C=O) groups excluding carboxylic acids is 4. The van der Waals surface area contributed by atoms with Crippen LogP contribution in [-0.2, 0) is 46.4 Å². The van der Waals surface area contributed by atoms with Crippen LogP contribution in [0.3, 0.4) is 0 Å². The quantitative estimate of drug-likeness (QED) is 0.0706. The Labute approximate surface area is 421 Å². The van der Waals surface area contributed by atoms with E-state index in [4.69, 9.17) is 41.2 Å². The molecule has 5 rings (SSSR count). The Morgan fingerprint density at radius 3 is 1.45 bits per heavy atom. The van der Waals surface area contributed by atoms with Crippen LogP contribution < -0.4 is 27.4 Å². The third kappa shape index (κ3) is 23.0. The van der Waals surface area contributed by atoms with E-state index in [2.05, 4.69) is 20.9 Å². The molecule has 2 aliphatic heterocycles. The molecule has 0 bridgehead atoms. The normalized spacial score (nSPS) is 17.2. The van der Waals surface area contributed by atoms with E-state index >= 15 is 0 Å². The largest absolute Gasteiger partial charge is 0.490 e. The summed E-state index contributed by atoms with van der Waals surface area (Å²) >= 11 is 0. The lowest BCUT2D eigenvalue weighted by molar-refractivity contribution is -0.193. The van der Waals surface area contributed by atoms with Gasteiger partial charge in [0, 0.05) is 25.6 Å². The summed E-state index contributed by atoms with van der Waals surface area (Å²) in [4.78, 5) is 86.7. The molecule has 0 aromatic heterocycles. The van der Waals surface area contributed by atoms with E-state index < -0.39 is 78.3 Å². The number of rotatable bonds is 18. The Morgan fingerprint density at radius 1 is 0.622 bits per heavy atom. The van der Waals surface area contributed by atoms with Crippen molar-refractivity contribution in [1.29, 1.82) is 0 Å². The van der Waals surface area contributed by atoms with Gasteiger partial charge in [0.05, 0.1) is 6.04 Å². The fourth-order valence-electron chi connectivity index (χ4n) is 8.43. The fraction of sp³-hybridized carbons (Fsp3) is 0.604. The lowest BCUT2D eigenvalue weighted by atomic mass is 9.60. The molecule has 26 heteroatoms. The number of carbonyl (C=O) groups is 7. The second-order valence-electron chi connectivity index (χ2n) is 18.6. The summed E-state index contributed by atoms with van der Waals surface area (Å²) in [5.41, 5.74) is 14.2. The Bertz CT molecular complexity index is 2040. The van der Waals surface area contributed by atoms with Gasteiger partial charge in [-0.2, -0.15) is 39.5 Å². The minimum atomic E-state index is -5.08. The van der Waals surface area contributed by atoms with Crippen LogP contribution in [0.1, 0.15) is 89.2 Å². The summed E-state index contributed by atoms with van der Waals surface area (Å²) in [6.07, 6.45) is -5.33. The summed E-state index contributed by atoms with van der Waals surface area (Å²) in [7, 11) is 0. The van der Waals surface area contributed by atoms with Crippen molar-refractivity contribution >= 4 is 41.5 Å². The predicted molar refractivity (Wildman–Crippen MR) is 250 cm³/mol. The van der Waals surface area contributed by atoms with Gasteiger partial charge >= 0.3 is 36.4 Å². The van der Waals surface area contributed by atoms with Crippen molar-refractivity contribution in [2.24, 2.45) is 22.8 Å². The molecule has 416 valence electrons. The number of amides is 4. The van der Waals surface area contributed by atoms with Crippen LogP contribution in [-0.4, -0.2) is 148 Å². The molecule has 4 unspecified atom stereocenters. The lowest BCUT2D eigenvalue weighted by Gasteiger charge is -2.55. The van der Waals surface area contributed by atoms with Gasteiger partial charge in [0.1, 0.15) is 18.1 Å². The molecular weight excluding hydrogens is 1010 g/mol. The number of likely N-dealkylation sites (tertiary alicyclic amines) is 2. The molecule has 1 aliphatic carbocycles. The summed E-state index contributed by atoms with van der Waals surface area (Å²) in [5.74, 6) is -9.58. The van der Waals surface area contributed by atoms with Crippen LogP contribution in [0.25, 0.3) is 0 Å². The molecule has 4 amide bonds. The van der Waals surface area contributed by atoms with E-state index in [0.717, 1.165) is 30.4 Å². The lowest BCUT2D eigenvalue weighted by Crippen LogP contribution is -2.60. The van der Waals surface area contributed by atoms with Crippen LogP contribution in [0.15, 0.2) is 60.7 Å². The zero-order valence-corrected chi connectivity index (χ0v) is 40.9. The number of carboxylic acid groups (broad SMARTS) is 3. The van der Waals surface area contributed by atoms with Gasteiger partial charge in [-0.25, -0.2) is 14.4 Å². The maximum Gasteiger partial charge on any atom is 0.490 e. The minimum absolute atomic E-state index is 0.0584. The summed E-state index contributed by atoms with van der Waals surface area (Å²) in [6.45, 7) is 8.33. The molecule has 1 spiro atoms. The van der Waals surface area contributed by atoms with Crippen molar-refractivity contribution in [3.05, 3.63) is 71.8 Å². The first-order valence-electron chi connectivity index (χ1n) is 23.8. The average Bonchev–Trinajstić information content (AvgIpc) is 3.85. The SMILES string of the molecule is CC(C)CC(NC(=O)C(Cc1ccccc1)NC(=O)C(N)Cc1ccccc1)C(=O)NC(CCCCN)C(=O)N1CCC2(CC1)CC(N1CCCC1)C2.O=C(O)C(F)(F)F.O=C(O)C(F)(F)F.O=C(O)C(F)(F)F. The zero-order valence-electron chi connectivity index (χ0n) is 40.9. The number of nitrogens with two attached hydrogens (primary N) is 2. The maximum atomic E-state index is 14.0. The molecule has 4 atom stereocenters. The molecular formula is C48H66F9N7O10. The number of nitrogens with zero attached hydrogens (tertiary/aromatic N) is 2. The molecule has 17 nitrogen and oxygen atoms in total. The van der Waals surface area contributed by atoms with Crippen LogP contribution in [0.2, 0.25) is 0 Å². The van der Waals surface area contributed by atoms with Crippen molar-refractivity contribution in [2.75, 3.05) is 32.7 Å². The van der Waals surface area contributed by atoms with E-state index in [0.29, 0.717) is 56.8 Å². The number of halogens is 9. The number of hydrogen-bond donors (Lipinski definition) is 8. The molecule has 1 saturated carbocycles. The molecule has 0 radical (unpaired) electrons. The predicted octanol–water partition coefficient (Wildman–Crippen LogP) is 5.20.